The topological polar surface area (TPSA) is 95.9 Å². The molecule has 3 saturated heterocycles. The van der Waals surface area contributed by atoms with Gasteiger partial charge in [0.05, 0.1) is 46.5 Å². The molecule has 3 heterocycles. The molecule has 3 fully saturated rings. The molecule has 1 spiro atoms. The third kappa shape index (κ3) is 3.81. The third-order valence-electron chi connectivity index (χ3n) is 7.71. The number of carbonyl (C=O) groups is 3. The van der Waals surface area contributed by atoms with Crippen molar-refractivity contribution in [1.82, 2.24) is 4.90 Å². The molecule has 3 aliphatic rings. The van der Waals surface area contributed by atoms with Crippen LogP contribution in [0.1, 0.15) is 36.9 Å². The SMILES string of the molecule is CCOC(=O)[C@@H]1[C@H]2C(=O)N([C@H](CO)c3ccccc3)C(C(=O)Nc3c(C)cccc3Cl)C23CC[C@H]1S3. The van der Waals surface area contributed by atoms with Crippen LogP contribution in [0.3, 0.4) is 0 Å². The molecule has 0 aliphatic carbocycles. The highest BCUT2D eigenvalue weighted by molar-refractivity contribution is 8.02. The van der Waals surface area contributed by atoms with Crippen molar-refractivity contribution < 1.29 is 24.2 Å². The summed E-state index contributed by atoms with van der Waals surface area (Å²) in [7, 11) is 0. The van der Waals surface area contributed by atoms with Gasteiger partial charge in [-0.2, -0.15) is 0 Å². The van der Waals surface area contributed by atoms with Crippen LogP contribution in [0.4, 0.5) is 5.69 Å². The van der Waals surface area contributed by atoms with E-state index in [1.807, 2.05) is 49.4 Å². The Balaban J connectivity index is 1.60. The van der Waals surface area contributed by atoms with Crippen LogP contribution in [0, 0.1) is 18.8 Å². The van der Waals surface area contributed by atoms with Crippen LogP contribution in [-0.2, 0) is 19.1 Å². The molecule has 2 unspecified atom stereocenters. The van der Waals surface area contributed by atoms with E-state index in [1.54, 1.807) is 24.8 Å². The monoisotopic (exact) mass is 528 g/mol. The lowest BCUT2D eigenvalue weighted by atomic mass is 9.71. The van der Waals surface area contributed by atoms with E-state index in [1.165, 1.54) is 4.90 Å². The Morgan fingerprint density at radius 3 is 2.67 bits per heavy atom. The van der Waals surface area contributed by atoms with Crippen LogP contribution in [0.2, 0.25) is 5.02 Å². The van der Waals surface area contributed by atoms with Crippen LogP contribution in [0.15, 0.2) is 48.5 Å². The number of carbonyl (C=O) groups excluding carboxylic acids is 3. The van der Waals surface area contributed by atoms with E-state index in [2.05, 4.69) is 5.32 Å². The fraction of sp³-hybridized carbons (Fsp3) is 0.444. The molecule has 0 aromatic heterocycles. The number of fused-ring (bicyclic) bond motifs is 1. The lowest BCUT2D eigenvalue weighted by Gasteiger charge is -2.37. The number of hydrogen-bond acceptors (Lipinski definition) is 6. The van der Waals surface area contributed by atoms with E-state index in [4.69, 9.17) is 16.3 Å². The minimum absolute atomic E-state index is 0.0817. The highest BCUT2D eigenvalue weighted by Crippen LogP contribution is 2.67. The summed E-state index contributed by atoms with van der Waals surface area (Å²) >= 11 is 7.98. The number of halogens is 1. The average Bonchev–Trinajstić information content (AvgIpc) is 3.51. The Morgan fingerprint density at radius 2 is 2.00 bits per heavy atom. The molecule has 2 N–H and O–H groups in total. The first kappa shape index (κ1) is 25.1. The van der Waals surface area contributed by atoms with Gasteiger partial charge in [0.2, 0.25) is 11.8 Å². The number of esters is 1. The Bertz CT molecular complexity index is 1170. The molecular weight excluding hydrogens is 500 g/mol. The van der Waals surface area contributed by atoms with Gasteiger partial charge < -0.3 is 20.1 Å². The summed E-state index contributed by atoms with van der Waals surface area (Å²) in [5.41, 5.74) is 2.02. The van der Waals surface area contributed by atoms with Crippen molar-refractivity contribution in [3.8, 4) is 0 Å². The van der Waals surface area contributed by atoms with Crippen molar-refractivity contribution in [3.05, 3.63) is 64.7 Å². The first-order valence-corrected chi connectivity index (χ1v) is 13.5. The zero-order valence-electron chi connectivity index (χ0n) is 20.1. The summed E-state index contributed by atoms with van der Waals surface area (Å²) < 4.78 is 4.58. The number of aryl methyl sites for hydroxylation is 1. The van der Waals surface area contributed by atoms with Crippen molar-refractivity contribution >= 4 is 46.8 Å². The number of thioether (sulfide) groups is 1. The Kier molecular flexibility index (Phi) is 6.78. The van der Waals surface area contributed by atoms with Crippen molar-refractivity contribution in [2.45, 2.75) is 48.8 Å². The van der Waals surface area contributed by atoms with Crippen LogP contribution in [-0.4, -0.2) is 57.0 Å². The highest BCUT2D eigenvalue weighted by atomic mass is 35.5. The summed E-state index contributed by atoms with van der Waals surface area (Å²) in [5.74, 6) is -2.36. The van der Waals surface area contributed by atoms with Gasteiger partial charge in [0.1, 0.15) is 6.04 Å². The molecule has 2 bridgehead atoms. The van der Waals surface area contributed by atoms with E-state index < -0.39 is 34.6 Å². The van der Waals surface area contributed by atoms with Crippen molar-refractivity contribution in [2.24, 2.45) is 11.8 Å². The number of nitrogens with zero attached hydrogens (tertiary/aromatic N) is 1. The molecule has 3 aliphatic heterocycles. The minimum Gasteiger partial charge on any atom is -0.466 e. The van der Waals surface area contributed by atoms with Crippen molar-refractivity contribution in [3.63, 3.8) is 0 Å². The standard InChI is InChI=1S/C27H29ClN2O5S/c1-3-35-26(34)20-19-12-13-27(36-19)21(20)25(33)30(18(14-31)16-9-5-4-6-10-16)23(27)24(32)29-22-15(2)8-7-11-17(22)28/h4-11,18-21,23,31H,3,12-14H2,1-2H3,(H,29,32)/t18-,19-,20+,21+,23?,27?/m1/s1. The predicted molar refractivity (Wildman–Crippen MR) is 139 cm³/mol. The maximum Gasteiger partial charge on any atom is 0.310 e. The number of likely N-dealkylation sites (tertiary alicyclic amines) is 1. The van der Waals surface area contributed by atoms with E-state index in [-0.39, 0.29) is 30.3 Å². The van der Waals surface area contributed by atoms with E-state index in [0.29, 0.717) is 17.1 Å². The average molecular weight is 529 g/mol. The zero-order chi connectivity index (χ0) is 25.6. The minimum atomic E-state index is -0.891. The van der Waals surface area contributed by atoms with Gasteiger partial charge in [-0.15, -0.1) is 11.8 Å². The van der Waals surface area contributed by atoms with E-state index in [9.17, 15) is 19.5 Å². The lowest BCUT2D eigenvalue weighted by Crippen LogP contribution is -2.52. The van der Waals surface area contributed by atoms with Crippen LogP contribution in [0.5, 0.6) is 0 Å². The first-order chi connectivity index (χ1) is 17.3. The second-order valence-electron chi connectivity index (χ2n) is 9.58. The maximum atomic E-state index is 14.2. The highest BCUT2D eigenvalue weighted by Gasteiger charge is 2.74. The number of nitrogens with one attached hydrogen (secondary N) is 1. The molecule has 0 radical (unpaired) electrons. The largest absolute Gasteiger partial charge is 0.466 e. The summed E-state index contributed by atoms with van der Waals surface area (Å²) in [6, 6.07) is 12.9. The number of benzene rings is 2. The van der Waals surface area contributed by atoms with Gasteiger partial charge in [0.15, 0.2) is 0 Å². The lowest BCUT2D eigenvalue weighted by molar-refractivity contribution is -0.154. The summed E-state index contributed by atoms with van der Waals surface area (Å²) in [6.07, 6.45) is 1.34. The van der Waals surface area contributed by atoms with Gasteiger partial charge in [-0.25, -0.2) is 0 Å². The number of amides is 2. The number of para-hydroxylation sites is 1. The Labute approximate surface area is 219 Å². The van der Waals surface area contributed by atoms with Gasteiger partial charge in [-0.05, 0) is 43.9 Å². The molecule has 0 saturated carbocycles. The second-order valence-corrected chi connectivity index (χ2v) is 11.6. The Hall–Kier alpha value is -2.55. The molecule has 2 aromatic carbocycles. The number of hydrogen-bond donors (Lipinski definition) is 2. The summed E-state index contributed by atoms with van der Waals surface area (Å²) in [5, 5.41) is 13.8. The van der Waals surface area contributed by atoms with Gasteiger partial charge in [-0.1, -0.05) is 54.1 Å². The molecule has 7 nitrogen and oxygen atoms in total. The number of ether oxygens (including phenoxy) is 1. The van der Waals surface area contributed by atoms with Gasteiger partial charge >= 0.3 is 5.97 Å². The van der Waals surface area contributed by atoms with Gasteiger partial charge in [0, 0.05) is 5.25 Å². The zero-order valence-corrected chi connectivity index (χ0v) is 21.7. The van der Waals surface area contributed by atoms with E-state index >= 15 is 0 Å². The molecular formula is C27H29ClN2O5S. The van der Waals surface area contributed by atoms with Crippen molar-refractivity contribution in [1.29, 1.82) is 0 Å². The Morgan fingerprint density at radius 1 is 1.25 bits per heavy atom. The molecule has 2 aromatic rings. The molecule has 2 amide bonds. The number of aliphatic hydroxyl groups excluding tert-OH is 1. The van der Waals surface area contributed by atoms with E-state index in [0.717, 1.165) is 17.5 Å². The van der Waals surface area contributed by atoms with Gasteiger partial charge in [0.25, 0.3) is 0 Å². The second kappa shape index (κ2) is 9.72. The number of anilines is 1. The quantitative estimate of drug-likeness (QED) is 0.528. The third-order valence-corrected chi connectivity index (χ3v) is 9.98. The molecule has 5 rings (SSSR count). The molecule has 6 atom stereocenters. The number of aliphatic hydroxyl groups is 1. The maximum absolute atomic E-state index is 14.2. The van der Waals surface area contributed by atoms with Crippen LogP contribution >= 0.6 is 23.4 Å². The normalized spacial score (nSPS) is 29.2. The molecule has 36 heavy (non-hydrogen) atoms. The fourth-order valence-corrected chi connectivity index (χ4v) is 8.71. The van der Waals surface area contributed by atoms with Crippen LogP contribution in [0.25, 0.3) is 0 Å². The first-order valence-electron chi connectivity index (χ1n) is 12.2. The van der Waals surface area contributed by atoms with Crippen molar-refractivity contribution in [2.75, 3.05) is 18.5 Å². The van der Waals surface area contributed by atoms with Gasteiger partial charge in [-0.3, -0.25) is 14.4 Å². The molecule has 9 heteroatoms. The molecule has 190 valence electrons. The summed E-state index contributed by atoms with van der Waals surface area (Å²) in [6.45, 7) is 3.47. The smallest absolute Gasteiger partial charge is 0.310 e. The predicted octanol–water partition coefficient (Wildman–Crippen LogP) is 3.97. The number of rotatable bonds is 7. The summed E-state index contributed by atoms with van der Waals surface area (Å²) in [4.78, 5) is 42.8. The van der Waals surface area contributed by atoms with Crippen LogP contribution < -0.4 is 5.32 Å². The fourth-order valence-electron chi connectivity index (χ4n) is 6.24.